The maximum atomic E-state index is 11.9. The molecule has 0 aliphatic rings. The molecule has 0 aliphatic carbocycles. The molecule has 0 atom stereocenters. The standard InChI is InChI=1S/C10H10Br2ClO4P/c1-15-18(14,16-2)17-10(6-13)8-5-7(11)3-4-9(8)12/h3-6H,1-2H3/b10-6-. The van der Waals surface area contributed by atoms with E-state index in [1.807, 2.05) is 6.07 Å². The van der Waals surface area contributed by atoms with E-state index in [4.69, 9.17) is 25.2 Å². The average Bonchev–Trinajstić information content (AvgIpc) is 2.39. The zero-order valence-electron chi connectivity index (χ0n) is 9.52. The Morgan fingerprint density at radius 1 is 1.33 bits per heavy atom. The van der Waals surface area contributed by atoms with Gasteiger partial charge in [0.2, 0.25) is 0 Å². The number of benzene rings is 1. The summed E-state index contributed by atoms with van der Waals surface area (Å²) in [6, 6.07) is 5.40. The van der Waals surface area contributed by atoms with Crippen LogP contribution in [0.4, 0.5) is 0 Å². The van der Waals surface area contributed by atoms with Crippen molar-refractivity contribution >= 4 is 57.0 Å². The van der Waals surface area contributed by atoms with E-state index in [2.05, 4.69) is 31.9 Å². The monoisotopic (exact) mass is 418 g/mol. The van der Waals surface area contributed by atoms with Crippen LogP contribution >= 0.6 is 51.3 Å². The van der Waals surface area contributed by atoms with Gasteiger partial charge in [0.05, 0.1) is 0 Å². The third-order valence-corrected chi connectivity index (χ3v) is 4.65. The molecule has 0 aliphatic heterocycles. The van der Waals surface area contributed by atoms with E-state index in [-0.39, 0.29) is 5.76 Å². The quantitative estimate of drug-likeness (QED) is 0.487. The number of hydrogen-bond acceptors (Lipinski definition) is 4. The van der Waals surface area contributed by atoms with E-state index in [1.54, 1.807) is 12.1 Å². The molecule has 8 heteroatoms. The third-order valence-electron chi connectivity index (χ3n) is 1.95. The van der Waals surface area contributed by atoms with E-state index in [0.717, 1.165) is 14.5 Å². The van der Waals surface area contributed by atoms with Crippen molar-refractivity contribution in [1.29, 1.82) is 0 Å². The van der Waals surface area contributed by atoms with Crippen molar-refractivity contribution < 1.29 is 18.1 Å². The highest BCUT2D eigenvalue weighted by Crippen LogP contribution is 2.52. The minimum Gasteiger partial charge on any atom is -0.402 e. The highest BCUT2D eigenvalue weighted by molar-refractivity contribution is 9.11. The Morgan fingerprint density at radius 2 is 1.94 bits per heavy atom. The summed E-state index contributed by atoms with van der Waals surface area (Å²) >= 11 is 12.4. The summed E-state index contributed by atoms with van der Waals surface area (Å²) in [5, 5.41) is 0. The van der Waals surface area contributed by atoms with Crippen molar-refractivity contribution in [1.82, 2.24) is 0 Å². The minimum absolute atomic E-state index is 0.178. The molecule has 0 aromatic heterocycles. The molecule has 0 radical (unpaired) electrons. The van der Waals surface area contributed by atoms with E-state index >= 15 is 0 Å². The van der Waals surface area contributed by atoms with Crippen LogP contribution in [0.5, 0.6) is 0 Å². The van der Waals surface area contributed by atoms with Crippen LogP contribution in [-0.2, 0) is 18.1 Å². The Bertz CT molecular complexity index is 499. The molecule has 0 amide bonds. The van der Waals surface area contributed by atoms with E-state index in [0.29, 0.717) is 5.56 Å². The van der Waals surface area contributed by atoms with Crippen molar-refractivity contribution in [2.45, 2.75) is 0 Å². The number of hydrogen-bond donors (Lipinski definition) is 0. The summed E-state index contributed by atoms with van der Waals surface area (Å²) in [6.07, 6.45) is 0. The van der Waals surface area contributed by atoms with Crippen LogP contribution in [0, 0.1) is 0 Å². The maximum Gasteiger partial charge on any atom is 0.529 e. The molecular formula is C10H10Br2ClO4P. The molecule has 0 unspecified atom stereocenters. The summed E-state index contributed by atoms with van der Waals surface area (Å²) in [5.74, 6) is 0.178. The van der Waals surface area contributed by atoms with Gasteiger partial charge in [-0.15, -0.1) is 0 Å². The summed E-state index contributed by atoms with van der Waals surface area (Å²) in [7, 11) is -1.19. The third kappa shape index (κ3) is 4.08. The van der Waals surface area contributed by atoms with Crippen LogP contribution in [-0.4, -0.2) is 14.2 Å². The highest BCUT2D eigenvalue weighted by Gasteiger charge is 2.27. The molecule has 0 N–H and O–H groups in total. The van der Waals surface area contributed by atoms with Gasteiger partial charge < -0.3 is 4.52 Å². The van der Waals surface area contributed by atoms with Crippen molar-refractivity contribution in [2.75, 3.05) is 14.2 Å². The predicted octanol–water partition coefficient (Wildman–Crippen LogP) is 5.17. The van der Waals surface area contributed by atoms with Gasteiger partial charge in [-0.25, -0.2) is 4.57 Å². The zero-order valence-corrected chi connectivity index (χ0v) is 14.3. The Morgan fingerprint density at radius 3 is 2.44 bits per heavy atom. The molecule has 0 saturated carbocycles. The van der Waals surface area contributed by atoms with E-state index < -0.39 is 7.82 Å². The molecule has 1 aromatic carbocycles. The summed E-state index contributed by atoms with van der Waals surface area (Å²) in [4.78, 5) is 0. The number of phosphoric ester groups is 1. The maximum absolute atomic E-state index is 11.9. The lowest BCUT2D eigenvalue weighted by molar-refractivity contribution is 0.201. The first kappa shape index (κ1) is 16.2. The molecule has 1 rings (SSSR count). The van der Waals surface area contributed by atoms with Crippen LogP contribution in [0.2, 0.25) is 0 Å². The molecule has 0 spiro atoms. The normalized spacial score (nSPS) is 12.6. The van der Waals surface area contributed by atoms with Gasteiger partial charge in [-0.3, -0.25) is 9.05 Å². The summed E-state index contributed by atoms with van der Waals surface area (Å²) in [6.45, 7) is 0. The first-order valence-corrected chi connectivity index (χ1v) is 8.11. The van der Waals surface area contributed by atoms with Crippen LogP contribution in [0.1, 0.15) is 5.56 Å². The fourth-order valence-corrected chi connectivity index (χ4v) is 2.80. The summed E-state index contributed by atoms with van der Waals surface area (Å²) in [5.41, 5.74) is 1.78. The van der Waals surface area contributed by atoms with Crippen molar-refractivity contribution in [3.05, 3.63) is 38.2 Å². The van der Waals surface area contributed by atoms with Gasteiger partial charge in [0.1, 0.15) is 0 Å². The van der Waals surface area contributed by atoms with Gasteiger partial charge in [0.25, 0.3) is 0 Å². The lowest BCUT2D eigenvalue weighted by Gasteiger charge is -2.17. The second-order valence-electron chi connectivity index (χ2n) is 3.00. The predicted molar refractivity (Wildman–Crippen MR) is 78.4 cm³/mol. The van der Waals surface area contributed by atoms with Gasteiger partial charge in [-0.2, -0.15) is 0 Å². The molecule has 0 heterocycles. The second-order valence-corrected chi connectivity index (χ2v) is 6.80. The highest BCUT2D eigenvalue weighted by atomic mass is 79.9. The number of halogens is 3. The topological polar surface area (TPSA) is 44.8 Å². The molecule has 0 saturated heterocycles. The Balaban J connectivity index is 3.12. The van der Waals surface area contributed by atoms with Gasteiger partial charge in [-0.05, 0) is 18.2 Å². The van der Waals surface area contributed by atoms with Gasteiger partial charge in [-0.1, -0.05) is 43.5 Å². The SMILES string of the molecule is COP(=O)(OC)O/C(=C\Cl)c1cc(Br)ccc1Br. The lowest BCUT2D eigenvalue weighted by Crippen LogP contribution is -1.96. The van der Waals surface area contributed by atoms with Crippen molar-refractivity contribution in [3.8, 4) is 0 Å². The van der Waals surface area contributed by atoms with E-state index in [1.165, 1.54) is 14.2 Å². The zero-order chi connectivity index (χ0) is 13.8. The Hall–Kier alpha value is 0.160. The van der Waals surface area contributed by atoms with Gasteiger partial charge >= 0.3 is 7.82 Å². The second kappa shape index (κ2) is 7.08. The number of phosphoric acid groups is 1. The molecule has 1 aromatic rings. The van der Waals surface area contributed by atoms with E-state index in [9.17, 15) is 4.57 Å². The largest absolute Gasteiger partial charge is 0.529 e. The Kier molecular flexibility index (Phi) is 6.38. The van der Waals surface area contributed by atoms with Crippen LogP contribution in [0.25, 0.3) is 5.76 Å². The molecule has 4 nitrogen and oxygen atoms in total. The van der Waals surface area contributed by atoms with Crippen molar-refractivity contribution in [3.63, 3.8) is 0 Å². The molecule has 18 heavy (non-hydrogen) atoms. The fourth-order valence-electron chi connectivity index (χ4n) is 1.08. The fraction of sp³-hybridized carbons (Fsp3) is 0.200. The smallest absolute Gasteiger partial charge is 0.402 e. The van der Waals surface area contributed by atoms with Crippen LogP contribution in [0.3, 0.4) is 0 Å². The van der Waals surface area contributed by atoms with Crippen LogP contribution < -0.4 is 0 Å². The van der Waals surface area contributed by atoms with Gasteiger partial charge in [0.15, 0.2) is 5.76 Å². The Labute approximate surface area is 127 Å². The van der Waals surface area contributed by atoms with Crippen molar-refractivity contribution in [2.24, 2.45) is 0 Å². The minimum atomic E-state index is -3.64. The summed E-state index contributed by atoms with van der Waals surface area (Å²) < 4.78 is 28.0. The first-order valence-electron chi connectivity index (χ1n) is 4.62. The molecular weight excluding hydrogens is 410 g/mol. The first-order chi connectivity index (χ1) is 8.45. The molecule has 0 bridgehead atoms. The molecule has 100 valence electrons. The molecule has 0 fully saturated rings. The van der Waals surface area contributed by atoms with Crippen LogP contribution in [0.15, 0.2) is 32.7 Å². The average molecular weight is 420 g/mol. The lowest BCUT2D eigenvalue weighted by atomic mass is 10.2. The number of rotatable bonds is 5. The van der Waals surface area contributed by atoms with Gasteiger partial charge in [0, 0.05) is 34.3 Å².